The molecule has 0 spiro atoms. The summed E-state index contributed by atoms with van der Waals surface area (Å²) in [6.07, 6.45) is 1.44. The molecule has 6 aromatic rings. The number of cyclic esters (lactones) is 1. The number of aromatic hydroxyl groups is 2. The lowest BCUT2D eigenvalue weighted by Crippen LogP contribution is -2.55. The van der Waals surface area contributed by atoms with Crippen LogP contribution in [0.25, 0.3) is 39.4 Å². The molecule has 2 fully saturated rings. The van der Waals surface area contributed by atoms with Crippen LogP contribution >= 0.6 is 0 Å². The number of hydrogen-bond acceptors (Lipinski definition) is 16. The van der Waals surface area contributed by atoms with E-state index in [4.69, 9.17) is 14.5 Å². The molecule has 4 N–H and O–H groups in total. The Morgan fingerprint density at radius 1 is 0.923 bits per heavy atom. The number of piperazine rings is 1. The molecule has 2 atom stereocenters. The third-order valence-corrected chi connectivity index (χ3v) is 17.7. The maximum Gasteiger partial charge on any atom is 0.343 e. The van der Waals surface area contributed by atoms with Crippen molar-refractivity contribution in [1.82, 2.24) is 43.7 Å². The Morgan fingerprint density at radius 2 is 1.67 bits per heavy atom. The highest BCUT2D eigenvalue weighted by molar-refractivity contribution is 7.89. The summed E-state index contributed by atoms with van der Waals surface area (Å²) in [5.41, 5.74) is 2.90. The number of ether oxygens (including phenoxy) is 2. The first-order valence-corrected chi connectivity index (χ1v) is 28.0. The lowest BCUT2D eigenvalue weighted by atomic mass is 9.86. The summed E-state index contributed by atoms with van der Waals surface area (Å²) in [5, 5.41) is 44.6. The Labute approximate surface area is 450 Å². The summed E-state index contributed by atoms with van der Waals surface area (Å²) in [4.78, 5) is 75.8. The number of fused-ring (bicyclic) bond motifs is 5. The van der Waals surface area contributed by atoms with Gasteiger partial charge in [0.25, 0.3) is 11.5 Å². The molecule has 3 aromatic carbocycles. The van der Waals surface area contributed by atoms with Crippen molar-refractivity contribution >= 4 is 44.7 Å². The molecule has 2 saturated heterocycles. The summed E-state index contributed by atoms with van der Waals surface area (Å²) >= 11 is 0. The van der Waals surface area contributed by atoms with Crippen LogP contribution in [0.3, 0.4) is 0 Å². The Bertz CT molecular complexity index is 3590. The van der Waals surface area contributed by atoms with Crippen LogP contribution < -0.4 is 15.6 Å². The van der Waals surface area contributed by atoms with E-state index in [0.29, 0.717) is 85.9 Å². The number of nitrogens with zero attached hydrogens (tertiary/aromatic N) is 8. The van der Waals surface area contributed by atoms with Crippen molar-refractivity contribution in [2.75, 3.05) is 45.8 Å². The van der Waals surface area contributed by atoms with Gasteiger partial charge in [-0.2, -0.15) is 4.31 Å². The lowest BCUT2D eigenvalue weighted by molar-refractivity contribution is -0.172. The number of aromatic nitrogens is 5. The molecule has 22 heteroatoms. The number of benzene rings is 3. The van der Waals surface area contributed by atoms with Gasteiger partial charge in [-0.1, -0.05) is 27.7 Å². The fraction of sp³-hybridized carbons (Fsp3) is 0.429. The molecule has 78 heavy (non-hydrogen) atoms. The number of aryl methyl sites for hydroxylation is 1. The Hall–Kier alpha value is -7.53. The minimum Gasteiger partial charge on any atom is -0.508 e. The first-order valence-electron chi connectivity index (χ1n) is 26.5. The number of hydrogen-bond donors (Lipinski definition) is 4. The van der Waals surface area contributed by atoms with Crippen molar-refractivity contribution in [3.8, 4) is 45.7 Å². The van der Waals surface area contributed by atoms with Crippen LogP contribution in [0, 0.1) is 5.92 Å². The highest BCUT2D eigenvalue weighted by Gasteiger charge is 2.46. The van der Waals surface area contributed by atoms with Crippen molar-refractivity contribution < 1.29 is 52.4 Å². The highest BCUT2D eigenvalue weighted by Crippen LogP contribution is 2.42. The van der Waals surface area contributed by atoms with Gasteiger partial charge in [-0.3, -0.25) is 28.6 Å². The molecule has 2 unspecified atom stereocenters. The molecule has 3 aromatic heterocycles. The van der Waals surface area contributed by atoms with E-state index in [0.717, 1.165) is 16.5 Å². The predicted molar refractivity (Wildman–Crippen MR) is 285 cm³/mol. The first kappa shape index (κ1) is 53.9. The fourth-order valence-electron chi connectivity index (χ4n) is 11.4. The van der Waals surface area contributed by atoms with E-state index in [-0.39, 0.29) is 113 Å². The average molecular weight is 1090 g/mol. The number of esters is 2. The largest absolute Gasteiger partial charge is 0.508 e. The summed E-state index contributed by atoms with van der Waals surface area (Å²) in [5.74, 6) is -2.22. The van der Waals surface area contributed by atoms with Gasteiger partial charge in [-0.05, 0) is 111 Å². The quantitative estimate of drug-likeness (QED) is 0.0815. The molecule has 21 nitrogen and oxygen atoms in total. The molecule has 4 aliphatic heterocycles. The molecule has 4 aliphatic rings. The van der Waals surface area contributed by atoms with E-state index in [9.17, 15) is 47.7 Å². The molecule has 0 bridgehead atoms. The number of nitrogens with one attached hydrogen (secondary N) is 1. The van der Waals surface area contributed by atoms with E-state index in [2.05, 4.69) is 20.4 Å². The number of carbonyl (C=O) groups excluding carboxylic acids is 4. The third kappa shape index (κ3) is 9.46. The number of phenolic OH excluding ortho intramolecular Hbond substituents is 2. The summed E-state index contributed by atoms with van der Waals surface area (Å²) < 4.78 is 43.5. The van der Waals surface area contributed by atoms with E-state index in [1.807, 2.05) is 32.6 Å². The zero-order valence-corrected chi connectivity index (χ0v) is 45.2. The molecule has 10 rings (SSSR count). The van der Waals surface area contributed by atoms with Crippen LogP contribution in [0.5, 0.6) is 17.2 Å². The molecule has 7 heterocycles. The van der Waals surface area contributed by atoms with Crippen molar-refractivity contribution in [3.05, 3.63) is 105 Å². The van der Waals surface area contributed by atoms with Crippen LogP contribution in [0.1, 0.15) is 112 Å². The number of sulfonamides is 1. The summed E-state index contributed by atoms with van der Waals surface area (Å²) in [6, 6.07) is 15.6. The van der Waals surface area contributed by atoms with Gasteiger partial charge in [0.2, 0.25) is 21.8 Å². The van der Waals surface area contributed by atoms with E-state index < -0.39 is 33.5 Å². The van der Waals surface area contributed by atoms with Crippen molar-refractivity contribution in [3.63, 3.8) is 0 Å². The fourth-order valence-corrected chi connectivity index (χ4v) is 12.9. The smallest absolute Gasteiger partial charge is 0.343 e. The minimum atomic E-state index is -3.98. The second-order valence-corrected chi connectivity index (χ2v) is 22.7. The standard InChI is InChI=1S/C56H63N9O12S/c1-7-37-39-24-35(12-15-44(39)58-49-41(37)29-64-45(49)26-43-42(54(64)71)30-76-55(72)56(43,73)8-2)77-48(68)18-19-61-22-23-62(28-32(61)6)53(70)33-16-20-63(21-17-33)78(74,75)36-13-10-34(11-14-36)65-50(59-60-51(65)52(69)57-9-3)40-25-38(31(4)5)46(66)27-47(40)67/h10-15,24-27,31-33,66-67,73H,7-9,16-23,28-30H2,1-6H3,(H,57,69). The summed E-state index contributed by atoms with van der Waals surface area (Å²) in [6.45, 7) is 13.7. The number of piperidine rings is 1. The normalized spacial score (nSPS) is 18.9. The van der Waals surface area contributed by atoms with Crippen LogP contribution in [0.2, 0.25) is 0 Å². The molecule has 410 valence electrons. The molecule has 2 amide bonds. The number of aliphatic hydroxyl groups is 1. The van der Waals surface area contributed by atoms with Crippen LogP contribution in [-0.2, 0) is 54.3 Å². The van der Waals surface area contributed by atoms with Gasteiger partial charge in [-0.25, -0.2) is 18.2 Å². The Morgan fingerprint density at radius 3 is 2.35 bits per heavy atom. The number of pyridine rings is 2. The van der Waals surface area contributed by atoms with Gasteiger partial charge in [-0.15, -0.1) is 10.2 Å². The van der Waals surface area contributed by atoms with Gasteiger partial charge in [0.05, 0.1) is 45.9 Å². The van der Waals surface area contributed by atoms with Gasteiger partial charge < -0.3 is 39.6 Å². The zero-order valence-electron chi connectivity index (χ0n) is 44.4. The molecular weight excluding hydrogens is 1020 g/mol. The molecular formula is C56H63N9O12S. The molecule has 0 saturated carbocycles. The maximum absolute atomic E-state index is 14.0. The SMILES string of the molecule is CCNC(=O)c1nnc(-c2cc(C(C)C)c(O)cc2O)n1-c1ccc(S(=O)(=O)N2CCC(C(=O)N3CCN(CCC(=O)Oc4ccc5nc6c(c(CC)c5c4)Cn4c-6cc5c(c4=O)COC(=O)C5(O)CC)C(C)C3)CC2)cc1. The zero-order chi connectivity index (χ0) is 55.5. The third-order valence-electron chi connectivity index (χ3n) is 15.8. The van der Waals surface area contributed by atoms with E-state index in [1.165, 1.54) is 39.2 Å². The number of phenols is 2. The monoisotopic (exact) mass is 1090 g/mol. The van der Waals surface area contributed by atoms with Crippen molar-refractivity contribution in [2.24, 2.45) is 5.92 Å². The van der Waals surface area contributed by atoms with E-state index >= 15 is 0 Å². The van der Waals surface area contributed by atoms with Gasteiger partial charge in [0.15, 0.2) is 11.4 Å². The molecule has 0 radical (unpaired) electrons. The van der Waals surface area contributed by atoms with Crippen LogP contribution in [0.15, 0.2) is 70.4 Å². The van der Waals surface area contributed by atoms with Crippen molar-refractivity contribution in [1.29, 1.82) is 0 Å². The highest BCUT2D eigenvalue weighted by atomic mass is 32.2. The lowest BCUT2D eigenvalue weighted by Gasteiger charge is -2.42. The number of amides is 2. The van der Waals surface area contributed by atoms with Gasteiger partial charge >= 0.3 is 11.9 Å². The predicted octanol–water partition coefficient (Wildman–Crippen LogP) is 5.10. The maximum atomic E-state index is 14.0. The van der Waals surface area contributed by atoms with Gasteiger partial charge in [0, 0.05) is 86.0 Å². The Kier molecular flexibility index (Phi) is 14.5. The van der Waals surface area contributed by atoms with Crippen LogP contribution in [-0.4, -0.2) is 138 Å². The minimum absolute atomic E-state index is 0.0209. The van der Waals surface area contributed by atoms with E-state index in [1.54, 1.807) is 48.7 Å². The number of rotatable bonds is 14. The van der Waals surface area contributed by atoms with Crippen molar-refractivity contribution in [2.45, 2.75) is 109 Å². The Balaban J connectivity index is 0.738. The average Bonchev–Trinajstić information content (AvgIpc) is 4.21. The number of carbonyl (C=O) groups is 4. The van der Waals surface area contributed by atoms with Crippen LogP contribution in [0.4, 0.5) is 0 Å². The topological polar surface area (TPSA) is 269 Å². The molecule has 0 aliphatic carbocycles. The van der Waals surface area contributed by atoms with Gasteiger partial charge in [0.1, 0.15) is 23.9 Å². The second-order valence-electron chi connectivity index (χ2n) is 20.7. The first-order chi connectivity index (χ1) is 37.3. The summed E-state index contributed by atoms with van der Waals surface area (Å²) in [7, 11) is -3.98. The second kappa shape index (κ2) is 21.0.